The molecule has 98 valence electrons. The van der Waals surface area contributed by atoms with Crippen LogP contribution >= 0.6 is 0 Å². The standard InChI is InChI=1S/C8H16.C8H18/c1-7-5-3-4-6-8(7)2;1-3-5-7-8-6-4-2/h7-8H,3-6H2,1-2H3;3-8H2,1-2H3. The molecule has 2 unspecified atom stereocenters. The quantitative estimate of drug-likeness (QED) is 0.490. The van der Waals surface area contributed by atoms with Crippen LogP contribution in [0.5, 0.6) is 0 Å². The Morgan fingerprint density at radius 3 is 1.31 bits per heavy atom. The molecule has 0 nitrogen and oxygen atoms in total. The highest BCUT2D eigenvalue weighted by Crippen LogP contribution is 2.28. The van der Waals surface area contributed by atoms with Gasteiger partial charge in [0.15, 0.2) is 0 Å². The molecular formula is C16H34. The fourth-order valence-corrected chi connectivity index (χ4v) is 2.36. The molecule has 0 aromatic heterocycles. The van der Waals surface area contributed by atoms with E-state index in [1.54, 1.807) is 0 Å². The number of rotatable bonds is 5. The van der Waals surface area contributed by atoms with Crippen LogP contribution in [-0.4, -0.2) is 0 Å². The van der Waals surface area contributed by atoms with E-state index in [0.29, 0.717) is 0 Å². The summed E-state index contributed by atoms with van der Waals surface area (Å²) in [7, 11) is 0. The molecule has 0 aliphatic heterocycles. The third kappa shape index (κ3) is 9.24. The van der Waals surface area contributed by atoms with Gasteiger partial charge in [-0.05, 0) is 11.8 Å². The van der Waals surface area contributed by atoms with E-state index in [-0.39, 0.29) is 0 Å². The van der Waals surface area contributed by atoms with Crippen molar-refractivity contribution in [3.63, 3.8) is 0 Å². The summed E-state index contributed by atoms with van der Waals surface area (Å²) in [6.07, 6.45) is 14.4. The van der Waals surface area contributed by atoms with Crippen LogP contribution in [0.4, 0.5) is 0 Å². The summed E-state index contributed by atoms with van der Waals surface area (Å²) in [6, 6.07) is 0. The Kier molecular flexibility index (Phi) is 11.5. The van der Waals surface area contributed by atoms with Crippen LogP contribution in [0.2, 0.25) is 0 Å². The van der Waals surface area contributed by atoms with Crippen LogP contribution in [0.15, 0.2) is 0 Å². The molecule has 1 fully saturated rings. The monoisotopic (exact) mass is 226 g/mol. The first kappa shape index (κ1) is 16.0. The van der Waals surface area contributed by atoms with E-state index >= 15 is 0 Å². The van der Waals surface area contributed by atoms with Crippen molar-refractivity contribution in [1.82, 2.24) is 0 Å². The predicted octanol–water partition coefficient (Wildman–Crippen LogP) is 6.20. The van der Waals surface area contributed by atoms with Gasteiger partial charge in [-0.15, -0.1) is 0 Å². The first-order chi connectivity index (χ1) is 7.72. The minimum absolute atomic E-state index is 1.00. The maximum absolute atomic E-state index is 2.38. The van der Waals surface area contributed by atoms with E-state index in [1.165, 1.54) is 64.2 Å². The van der Waals surface area contributed by atoms with Gasteiger partial charge < -0.3 is 0 Å². The van der Waals surface area contributed by atoms with Crippen LogP contribution in [0.3, 0.4) is 0 Å². The van der Waals surface area contributed by atoms with Crippen LogP contribution in [0, 0.1) is 11.8 Å². The van der Waals surface area contributed by atoms with E-state index in [9.17, 15) is 0 Å². The second-order valence-corrected chi connectivity index (χ2v) is 5.65. The summed E-state index contributed by atoms with van der Waals surface area (Å²) in [6.45, 7) is 9.27. The lowest BCUT2D eigenvalue weighted by Crippen LogP contribution is -2.12. The zero-order chi connectivity index (χ0) is 12.2. The van der Waals surface area contributed by atoms with Crippen molar-refractivity contribution < 1.29 is 0 Å². The fraction of sp³-hybridized carbons (Fsp3) is 1.00. The van der Waals surface area contributed by atoms with E-state index in [0.717, 1.165) is 11.8 Å². The summed E-state index contributed by atoms with van der Waals surface area (Å²) in [5.74, 6) is 2.01. The molecule has 0 amide bonds. The van der Waals surface area contributed by atoms with Crippen molar-refractivity contribution in [1.29, 1.82) is 0 Å². The van der Waals surface area contributed by atoms with Crippen LogP contribution in [0.25, 0.3) is 0 Å². The van der Waals surface area contributed by atoms with E-state index in [1.807, 2.05) is 0 Å². The van der Waals surface area contributed by atoms with Crippen LogP contribution in [-0.2, 0) is 0 Å². The Morgan fingerprint density at radius 1 is 0.688 bits per heavy atom. The molecule has 16 heavy (non-hydrogen) atoms. The third-order valence-corrected chi connectivity index (χ3v) is 4.00. The Hall–Kier alpha value is 0. The average Bonchev–Trinajstić information content (AvgIpc) is 2.30. The zero-order valence-corrected chi connectivity index (χ0v) is 12.2. The van der Waals surface area contributed by atoms with Crippen molar-refractivity contribution in [3.8, 4) is 0 Å². The van der Waals surface area contributed by atoms with Crippen molar-refractivity contribution in [2.75, 3.05) is 0 Å². The van der Waals surface area contributed by atoms with Crippen LogP contribution < -0.4 is 0 Å². The third-order valence-electron chi connectivity index (χ3n) is 4.00. The van der Waals surface area contributed by atoms with Crippen molar-refractivity contribution in [2.24, 2.45) is 11.8 Å². The average molecular weight is 226 g/mol. The topological polar surface area (TPSA) is 0 Å². The largest absolute Gasteiger partial charge is 0.0654 e. The second-order valence-electron chi connectivity index (χ2n) is 5.65. The Balaban J connectivity index is 0.000000281. The van der Waals surface area contributed by atoms with Crippen molar-refractivity contribution in [3.05, 3.63) is 0 Å². The minimum Gasteiger partial charge on any atom is -0.0654 e. The maximum Gasteiger partial charge on any atom is -0.0417 e. The molecular weight excluding hydrogens is 192 g/mol. The Morgan fingerprint density at radius 2 is 1.06 bits per heavy atom. The van der Waals surface area contributed by atoms with Gasteiger partial charge in [-0.1, -0.05) is 91.9 Å². The highest BCUT2D eigenvalue weighted by atomic mass is 14.2. The van der Waals surface area contributed by atoms with Gasteiger partial charge in [-0.25, -0.2) is 0 Å². The molecule has 1 aliphatic carbocycles. The normalized spacial score (nSPS) is 24.8. The van der Waals surface area contributed by atoms with Crippen LogP contribution in [0.1, 0.15) is 91.9 Å². The van der Waals surface area contributed by atoms with Crippen molar-refractivity contribution >= 4 is 0 Å². The summed E-state index contributed by atoms with van der Waals surface area (Å²) in [4.78, 5) is 0. The molecule has 2 atom stereocenters. The second kappa shape index (κ2) is 11.5. The fourth-order valence-electron chi connectivity index (χ4n) is 2.36. The molecule has 0 aromatic carbocycles. The first-order valence-electron chi connectivity index (χ1n) is 7.72. The van der Waals surface area contributed by atoms with Gasteiger partial charge in [0.25, 0.3) is 0 Å². The molecule has 0 saturated heterocycles. The summed E-state index contributed by atoms with van der Waals surface area (Å²) < 4.78 is 0. The minimum atomic E-state index is 1.00. The van der Waals surface area contributed by atoms with E-state index in [2.05, 4.69) is 27.7 Å². The molecule has 0 radical (unpaired) electrons. The van der Waals surface area contributed by atoms with Gasteiger partial charge >= 0.3 is 0 Å². The van der Waals surface area contributed by atoms with E-state index in [4.69, 9.17) is 0 Å². The SMILES string of the molecule is CC1CCCCC1C.CCCCCCCC. The molecule has 0 bridgehead atoms. The molecule has 0 heteroatoms. The van der Waals surface area contributed by atoms with Gasteiger partial charge in [-0.2, -0.15) is 0 Å². The lowest BCUT2D eigenvalue weighted by molar-refractivity contribution is 0.277. The molecule has 0 spiro atoms. The maximum atomic E-state index is 2.38. The smallest absolute Gasteiger partial charge is 0.0417 e. The summed E-state index contributed by atoms with van der Waals surface area (Å²) in [5, 5.41) is 0. The van der Waals surface area contributed by atoms with Gasteiger partial charge in [0.2, 0.25) is 0 Å². The Labute approximate surface area is 104 Å². The van der Waals surface area contributed by atoms with Gasteiger partial charge in [0.05, 0.1) is 0 Å². The number of unbranched alkanes of at least 4 members (excludes halogenated alkanes) is 5. The number of hydrogen-bond donors (Lipinski definition) is 0. The molecule has 0 aromatic rings. The molecule has 0 heterocycles. The lowest BCUT2D eigenvalue weighted by atomic mass is 9.82. The number of hydrogen-bond acceptors (Lipinski definition) is 0. The van der Waals surface area contributed by atoms with Crippen molar-refractivity contribution in [2.45, 2.75) is 91.9 Å². The lowest BCUT2D eigenvalue weighted by Gasteiger charge is -2.24. The Bertz CT molecular complexity index is 112. The summed E-state index contributed by atoms with van der Waals surface area (Å²) in [5.41, 5.74) is 0. The predicted molar refractivity (Wildman–Crippen MR) is 75.8 cm³/mol. The molecule has 0 N–H and O–H groups in total. The van der Waals surface area contributed by atoms with E-state index < -0.39 is 0 Å². The van der Waals surface area contributed by atoms with Gasteiger partial charge in [0.1, 0.15) is 0 Å². The zero-order valence-electron chi connectivity index (χ0n) is 12.2. The molecule has 1 rings (SSSR count). The van der Waals surface area contributed by atoms with Gasteiger partial charge in [-0.3, -0.25) is 0 Å². The highest BCUT2D eigenvalue weighted by molar-refractivity contribution is 4.67. The van der Waals surface area contributed by atoms with Gasteiger partial charge in [0, 0.05) is 0 Å². The molecule has 1 aliphatic rings. The highest BCUT2D eigenvalue weighted by Gasteiger charge is 2.15. The first-order valence-corrected chi connectivity index (χ1v) is 7.72. The summed E-state index contributed by atoms with van der Waals surface area (Å²) >= 11 is 0. The molecule has 1 saturated carbocycles.